The third-order valence-electron chi connectivity index (χ3n) is 3.75. The van der Waals surface area contributed by atoms with Crippen LogP contribution in [0.1, 0.15) is 46.0 Å². The summed E-state index contributed by atoms with van der Waals surface area (Å²) in [4.78, 5) is 12.0. The Bertz CT molecular complexity index is 246. The van der Waals surface area contributed by atoms with E-state index in [1.54, 1.807) is 7.11 Å². The summed E-state index contributed by atoms with van der Waals surface area (Å²) in [6.45, 7) is 4.21. The van der Waals surface area contributed by atoms with Crippen LogP contribution in [0.4, 0.5) is 0 Å². The minimum absolute atomic E-state index is 0.0929. The van der Waals surface area contributed by atoms with Crippen LogP contribution in [0.15, 0.2) is 0 Å². The van der Waals surface area contributed by atoms with Gasteiger partial charge in [-0.3, -0.25) is 4.79 Å². The van der Waals surface area contributed by atoms with Crippen molar-refractivity contribution in [2.45, 2.75) is 57.6 Å². The van der Waals surface area contributed by atoms with E-state index in [9.17, 15) is 4.79 Å². The Morgan fingerprint density at radius 2 is 2.12 bits per heavy atom. The third-order valence-corrected chi connectivity index (χ3v) is 3.97. The van der Waals surface area contributed by atoms with Crippen LogP contribution in [-0.2, 0) is 9.53 Å². The van der Waals surface area contributed by atoms with Crippen LogP contribution in [0.5, 0.6) is 0 Å². The number of halogens is 1. The van der Waals surface area contributed by atoms with Gasteiger partial charge in [0.1, 0.15) is 0 Å². The van der Waals surface area contributed by atoms with Gasteiger partial charge in [0.15, 0.2) is 0 Å². The lowest BCUT2D eigenvalue weighted by atomic mass is 9.77. The molecule has 0 aromatic heterocycles. The smallest absolute Gasteiger partial charge is 0.223 e. The molecule has 0 aromatic rings. The van der Waals surface area contributed by atoms with Crippen molar-refractivity contribution in [2.75, 3.05) is 13.0 Å². The molecule has 3 nitrogen and oxygen atoms in total. The van der Waals surface area contributed by atoms with Crippen molar-refractivity contribution in [1.29, 1.82) is 0 Å². The van der Waals surface area contributed by atoms with Gasteiger partial charge in [0, 0.05) is 19.0 Å². The normalized spacial score (nSPS) is 19.8. The second kappa shape index (κ2) is 6.60. The molecule has 1 saturated carbocycles. The lowest BCUT2D eigenvalue weighted by Crippen LogP contribution is -2.47. The molecule has 1 aliphatic carbocycles. The fourth-order valence-corrected chi connectivity index (χ4v) is 2.50. The Hall–Kier alpha value is -0.280. The summed E-state index contributed by atoms with van der Waals surface area (Å²) in [7, 11) is 1.70. The zero-order valence-electron chi connectivity index (χ0n) is 11.1. The predicted octanol–water partition coefficient (Wildman–Crippen LogP) is 2.72. The summed E-state index contributed by atoms with van der Waals surface area (Å²) in [6.07, 6.45) is 4.47. The van der Waals surface area contributed by atoms with Crippen LogP contribution in [0.2, 0.25) is 0 Å². The lowest BCUT2D eigenvalue weighted by Gasteiger charge is -2.40. The second-order valence-electron chi connectivity index (χ2n) is 5.31. The highest BCUT2D eigenvalue weighted by Gasteiger charge is 2.39. The number of hydrogen-bond donors (Lipinski definition) is 1. The molecule has 0 bridgehead atoms. The molecular weight excluding hydrogens is 238 g/mol. The van der Waals surface area contributed by atoms with Crippen LogP contribution >= 0.6 is 11.6 Å². The Labute approximate surface area is 109 Å². The van der Waals surface area contributed by atoms with Gasteiger partial charge in [0.2, 0.25) is 5.91 Å². The summed E-state index contributed by atoms with van der Waals surface area (Å²) >= 11 is 5.75. The minimum Gasteiger partial charge on any atom is -0.378 e. The number of methoxy groups -OCH3 is 1. The number of nitrogens with one attached hydrogen (secondary N) is 1. The molecule has 0 aliphatic heterocycles. The first kappa shape index (κ1) is 14.8. The van der Waals surface area contributed by atoms with Gasteiger partial charge in [-0.15, -0.1) is 11.6 Å². The number of alkyl halides is 1. The SMILES string of the molecule is COC1(CC(=O)NC(CCCl)C(C)C)CCC1. The van der Waals surface area contributed by atoms with E-state index in [4.69, 9.17) is 16.3 Å². The molecule has 1 atom stereocenters. The van der Waals surface area contributed by atoms with Crippen LogP contribution in [0.3, 0.4) is 0 Å². The second-order valence-corrected chi connectivity index (χ2v) is 5.69. The average Bonchev–Trinajstić information content (AvgIpc) is 2.22. The maximum atomic E-state index is 12.0. The molecule has 0 saturated heterocycles. The van der Waals surface area contributed by atoms with Crippen molar-refractivity contribution in [2.24, 2.45) is 5.92 Å². The van der Waals surface area contributed by atoms with Crippen LogP contribution in [0, 0.1) is 5.92 Å². The molecule has 0 aromatic carbocycles. The van der Waals surface area contributed by atoms with Gasteiger partial charge in [0.25, 0.3) is 0 Å². The fraction of sp³-hybridized carbons (Fsp3) is 0.923. The Morgan fingerprint density at radius 1 is 1.47 bits per heavy atom. The van der Waals surface area contributed by atoms with Gasteiger partial charge in [-0.05, 0) is 31.6 Å². The molecule has 1 N–H and O–H groups in total. The van der Waals surface area contributed by atoms with Crippen molar-refractivity contribution < 1.29 is 9.53 Å². The maximum absolute atomic E-state index is 12.0. The first-order valence-electron chi connectivity index (χ1n) is 6.43. The van der Waals surface area contributed by atoms with Crippen LogP contribution in [-0.4, -0.2) is 30.5 Å². The van der Waals surface area contributed by atoms with Crippen molar-refractivity contribution in [3.8, 4) is 0 Å². The van der Waals surface area contributed by atoms with E-state index in [0.717, 1.165) is 25.7 Å². The van der Waals surface area contributed by atoms with E-state index in [1.165, 1.54) is 0 Å². The Morgan fingerprint density at radius 3 is 2.47 bits per heavy atom. The monoisotopic (exact) mass is 261 g/mol. The topological polar surface area (TPSA) is 38.3 Å². The van der Waals surface area contributed by atoms with Crippen molar-refractivity contribution in [3.05, 3.63) is 0 Å². The highest BCUT2D eigenvalue weighted by Crippen LogP contribution is 2.37. The molecule has 100 valence electrons. The quantitative estimate of drug-likeness (QED) is 0.716. The summed E-state index contributed by atoms with van der Waals surface area (Å²) < 4.78 is 5.46. The largest absolute Gasteiger partial charge is 0.378 e. The number of rotatable bonds is 7. The zero-order valence-corrected chi connectivity index (χ0v) is 11.8. The van der Waals surface area contributed by atoms with Gasteiger partial charge in [-0.1, -0.05) is 13.8 Å². The van der Waals surface area contributed by atoms with Gasteiger partial charge < -0.3 is 10.1 Å². The summed E-state index contributed by atoms with van der Waals surface area (Å²) in [5, 5.41) is 3.07. The van der Waals surface area contributed by atoms with Crippen molar-refractivity contribution in [3.63, 3.8) is 0 Å². The number of hydrogen-bond acceptors (Lipinski definition) is 2. The number of amides is 1. The summed E-state index contributed by atoms with van der Waals surface area (Å²) in [6, 6.07) is 0.175. The lowest BCUT2D eigenvalue weighted by molar-refractivity contribution is -0.135. The molecule has 0 spiro atoms. The molecular formula is C13H24ClNO2. The molecule has 0 radical (unpaired) electrons. The zero-order chi connectivity index (χ0) is 12.9. The summed E-state index contributed by atoms with van der Waals surface area (Å²) in [5.41, 5.74) is -0.188. The number of carbonyl (C=O) groups excluding carboxylic acids is 1. The van der Waals surface area contributed by atoms with E-state index >= 15 is 0 Å². The molecule has 1 fully saturated rings. The molecule has 1 rings (SSSR count). The van der Waals surface area contributed by atoms with E-state index in [0.29, 0.717) is 18.2 Å². The standard InChI is InChI=1S/C13H24ClNO2/c1-10(2)11(5-8-14)15-12(16)9-13(17-3)6-4-7-13/h10-11H,4-9H2,1-3H3,(H,15,16). The van der Waals surface area contributed by atoms with Gasteiger partial charge in [0.05, 0.1) is 12.0 Å². The predicted molar refractivity (Wildman–Crippen MR) is 70.3 cm³/mol. The molecule has 1 aliphatic rings. The minimum atomic E-state index is -0.188. The van der Waals surface area contributed by atoms with Crippen molar-refractivity contribution in [1.82, 2.24) is 5.32 Å². The molecule has 17 heavy (non-hydrogen) atoms. The molecule has 4 heteroatoms. The molecule has 1 unspecified atom stereocenters. The third kappa shape index (κ3) is 4.14. The highest BCUT2D eigenvalue weighted by molar-refractivity contribution is 6.17. The molecule has 1 amide bonds. The van der Waals surface area contributed by atoms with E-state index < -0.39 is 0 Å². The van der Waals surface area contributed by atoms with E-state index in [1.807, 2.05) is 0 Å². The highest BCUT2D eigenvalue weighted by atomic mass is 35.5. The fourth-order valence-electron chi connectivity index (χ4n) is 2.26. The van der Waals surface area contributed by atoms with Gasteiger partial charge in [-0.2, -0.15) is 0 Å². The first-order valence-corrected chi connectivity index (χ1v) is 6.97. The van der Waals surface area contributed by atoms with Crippen LogP contribution < -0.4 is 5.32 Å². The van der Waals surface area contributed by atoms with Gasteiger partial charge in [-0.25, -0.2) is 0 Å². The Balaban J connectivity index is 2.41. The molecule has 0 heterocycles. The average molecular weight is 262 g/mol. The summed E-state index contributed by atoms with van der Waals surface area (Å²) in [5.74, 6) is 1.09. The van der Waals surface area contributed by atoms with Crippen molar-refractivity contribution >= 4 is 17.5 Å². The maximum Gasteiger partial charge on any atom is 0.223 e. The van der Waals surface area contributed by atoms with Gasteiger partial charge >= 0.3 is 0 Å². The van der Waals surface area contributed by atoms with Crippen LogP contribution in [0.25, 0.3) is 0 Å². The Kier molecular flexibility index (Phi) is 5.74. The van der Waals surface area contributed by atoms with E-state index in [-0.39, 0.29) is 17.6 Å². The van der Waals surface area contributed by atoms with E-state index in [2.05, 4.69) is 19.2 Å². The number of carbonyl (C=O) groups is 1. The number of ether oxygens (including phenoxy) is 1. The first-order chi connectivity index (χ1) is 8.03.